The van der Waals surface area contributed by atoms with Gasteiger partial charge in [-0.25, -0.2) is 0 Å². The molecule has 0 unspecified atom stereocenters. The first-order chi connectivity index (χ1) is 18.0. The number of benzene rings is 3. The summed E-state index contributed by atoms with van der Waals surface area (Å²) >= 11 is 0. The number of fused-ring (bicyclic) bond motifs is 1. The molecule has 8 heteroatoms. The van der Waals surface area contributed by atoms with E-state index in [1.54, 1.807) is 56.5 Å². The quantitative estimate of drug-likeness (QED) is 0.407. The minimum absolute atomic E-state index is 0.0756. The number of anilines is 2. The van der Waals surface area contributed by atoms with Crippen molar-refractivity contribution in [2.75, 3.05) is 31.0 Å². The van der Waals surface area contributed by atoms with Gasteiger partial charge >= 0.3 is 5.97 Å². The number of esters is 1. The van der Waals surface area contributed by atoms with Crippen molar-refractivity contribution in [2.24, 2.45) is 0 Å². The predicted octanol–water partition coefficient (Wildman–Crippen LogP) is 4.86. The largest absolute Gasteiger partial charge is 0.493 e. The molecule has 0 radical (unpaired) electrons. The summed E-state index contributed by atoms with van der Waals surface area (Å²) < 4.78 is 16.1. The first kappa shape index (κ1) is 25.5. The number of amides is 2. The highest BCUT2D eigenvalue weighted by Crippen LogP contribution is 2.35. The molecular weight excluding hydrogens is 472 g/mol. The Morgan fingerprint density at radius 1 is 0.946 bits per heavy atom. The van der Waals surface area contributed by atoms with Gasteiger partial charge in [0.05, 0.1) is 30.5 Å². The molecule has 0 saturated carbocycles. The fourth-order valence-corrected chi connectivity index (χ4v) is 3.95. The molecule has 1 aliphatic heterocycles. The van der Waals surface area contributed by atoms with E-state index >= 15 is 0 Å². The van der Waals surface area contributed by atoms with Crippen LogP contribution in [-0.2, 0) is 20.7 Å². The van der Waals surface area contributed by atoms with Crippen molar-refractivity contribution in [3.8, 4) is 11.5 Å². The van der Waals surface area contributed by atoms with E-state index in [4.69, 9.17) is 14.2 Å². The number of ether oxygens (including phenoxy) is 3. The van der Waals surface area contributed by atoms with Crippen molar-refractivity contribution in [1.82, 2.24) is 0 Å². The molecule has 0 bridgehead atoms. The second-order valence-electron chi connectivity index (χ2n) is 8.30. The number of hydrogen-bond donors (Lipinski definition) is 2. The van der Waals surface area contributed by atoms with Crippen LogP contribution in [0, 0.1) is 0 Å². The van der Waals surface area contributed by atoms with Gasteiger partial charge in [0.1, 0.15) is 6.61 Å². The number of carbonyl (C=O) groups excluding carboxylic acids is 3. The number of nitrogens with one attached hydrogen (secondary N) is 2. The van der Waals surface area contributed by atoms with E-state index in [9.17, 15) is 14.4 Å². The standard InChI is InChI=1S/C29H28N2O6/c1-3-36-26(32)15-14-19-8-6-10-22(16-19)30-29(34)23-11-4-5-12-24(23)31-28(33)21-17-20-9-7-13-25(35-2)27(20)37-18-21/h4-13,16-17H,3,14-15,18H2,1-2H3,(H,30,34)(H,31,33). The van der Waals surface area contributed by atoms with Gasteiger partial charge in [-0.3, -0.25) is 14.4 Å². The topological polar surface area (TPSA) is 103 Å². The van der Waals surface area contributed by atoms with Crippen molar-refractivity contribution < 1.29 is 28.6 Å². The predicted molar refractivity (Wildman–Crippen MR) is 141 cm³/mol. The third-order valence-corrected chi connectivity index (χ3v) is 5.75. The lowest BCUT2D eigenvalue weighted by Crippen LogP contribution is -2.23. The van der Waals surface area contributed by atoms with Crippen LogP contribution in [0.15, 0.2) is 72.3 Å². The van der Waals surface area contributed by atoms with Crippen LogP contribution in [0.4, 0.5) is 11.4 Å². The molecule has 37 heavy (non-hydrogen) atoms. The van der Waals surface area contributed by atoms with Crippen LogP contribution in [0.25, 0.3) is 6.08 Å². The number of aryl methyl sites for hydroxylation is 1. The molecule has 0 aliphatic carbocycles. The highest BCUT2D eigenvalue weighted by molar-refractivity contribution is 6.13. The molecule has 0 saturated heterocycles. The van der Waals surface area contributed by atoms with Crippen LogP contribution in [0.3, 0.4) is 0 Å². The van der Waals surface area contributed by atoms with Crippen molar-refractivity contribution in [2.45, 2.75) is 19.8 Å². The van der Waals surface area contributed by atoms with Crippen molar-refractivity contribution in [3.05, 3.63) is 89.0 Å². The molecule has 4 rings (SSSR count). The summed E-state index contributed by atoms with van der Waals surface area (Å²) in [7, 11) is 1.56. The maximum atomic E-state index is 13.1. The van der Waals surface area contributed by atoms with Crippen LogP contribution >= 0.6 is 0 Å². The molecule has 190 valence electrons. The summed E-state index contributed by atoms with van der Waals surface area (Å²) in [5.74, 6) is 0.186. The summed E-state index contributed by atoms with van der Waals surface area (Å²) in [6.07, 6.45) is 2.51. The first-order valence-corrected chi connectivity index (χ1v) is 11.9. The Balaban J connectivity index is 1.45. The SMILES string of the molecule is CCOC(=O)CCc1cccc(NC(=O)c2ccccc2NC(=O)C2=Cc3cccc(OC)c3OC2)c1. The molecule has 2 amide bonds. The van der Waals surface area contributed by atoms with Gasteiger partial charge in [0.2, 0.25) is 0 Å². The molecule has 0 aromatic heterocycles. The lowest BCUT2D eigenvalue weighted by Gasteiger charge is -2.20. The van der Waals surface area contributed by atoms with Gasteiger partial charge in [-0.1, -0.05) is 36.4 Å². The highest BCUT2D eigenvalue weighted by atomic mass is 16.5. The Kier molecular flexibility index (Phi) is 8.20. The second-order valence-corrected chi connectivity index (χ2v) is 8.30. The molecule has 2 N–H and O–H groups in total. The number of rotatable bonds is 9. The van der Waals surface area contributed by atoms with Gasteiger partial charge in [-0.15, -0.1) is 0 Å². The summed E-state index contributed by atoms with van der Waals surface area (Å²) in [5.41, 5.74) is 3.33. The smallest absolute Gasteiger partial charge is 0.306 e. The lowest BCUT2D eigenvalue weighted by atomic mass is 10.1. The minimum Gasteiger partial charge on any atom is -0.493 e. The van der Waals surface area contributed by atoms with Crippen LogP contribution in [0.1, 0.15) is 34.8 Å². The average Bonchev–Trinajstić information content (AvgIpc) is 2.92. The maximum absolute atomic E-state index is 13.1. The van der Waals surface area contributed by atoms with Crippen LogP contribution in [-0.4, -0.2) is 38.1 Å². The Hall–Kier alpha value is -4.59. The van der Waals surface area contributed by atoms with Gasteiger partial charge in [0, 0.05) is 17.7 Å². The Morgan fingerprint density at radius 2 is 1.76 bits per heavy atom. The second kappa shape index (κ2) is 11.9. The zero-order valence-electron chi connectivity index (χ0n) is 20.7. The number of hydrogen-bond acceptors (Lipinski definition) is 6. The van der Waals surface area contributed by atoms with E-state index in [1.165, 1.54) is 0 Å². The fraction of sp³-hybridized carbons (Fsp3) is 0.207. The van der Waals surface area contributed by atoms with E-state index in [0.717, 1.165) is 11.1 Å². The number of methoxy groups -OCH3 is 1. The number of para-hydroxylation sites is 2. The molecule has 1 aliphatic rings. The van der Waals surface area contributed by atoms with E-state index in [0.29, 0.717) is 47.0 Å². The van der Waals surface area contributed by atoms with Crippen molar-refractivity contribution in [3.63, 3.8) is 0 Å². The monoisotopic (exact) mass is 500 g/mol. The van der Waals surface area contributed by atoms with Crippen LogP contribution < -0.4 is 20.1 Å². The third kappa shape index (κ3) is 6.35. The highest BCUT2D eigenvalue weighted by Gasteiger charge is 2.21. The summed E-state index contributed by atoms with van der Waals surface area (Å²) in [4.78, 5) is 37.8. The summed E-state index contributed by atoms with van der Waals surface area (Å²) in [6, 6.07) is 19.5. The molecular formula is C29H28N2O6. The van der Waals surface area contributed by atoms with E-state index in [1.807, 2.05) is 30.3 Å². The molecule has 1 heterocycles. The zero-order chi connectivity index (χ0) is 26.2. The van der Waals surface area contributed by atoms with Gasteiger partial charge in [0.25, 0.3) is 11.8 Å². The molecule has 8 nitrogen and oxygen atoms in total. The average molecular weight is 501 g/mol. The third-order valence-electron chi connectivity index (χ3n) is 5.75. The van der Waals surface area contributed by atoms with Gasteiger partial charge in [0.15, 0.2) is 11.5 Å². The molecule has 0 fully saturated rings. The van der Waals surface area contributed by atoms with Gasteiger partial charge < -0.3 is 24.8 Å². The van der Waals surface area contributed by atoms with Crippen molar-refractivity contribution in [1.29, 1.82) is 0 Å². The Morgan fingerprint density at radius 3 is 2.57 bits per heavy atom. The van der Waals surface area contributed by atoms with E-state index in [-0.39, 0.29) is 30.8 Å². The molecule has 0 spiro atoms. The zero-order valence-corrected chi connectivity index (χ0v) is 20.7. The van der Waals surface area contributed by atoms with Crippen molar-refractivity contribution >= 4 is 35.2 Å². The Bertz CT molecular complexity index is 1350. The maximum Gasteiger partial charge on any atom is 0.306 e. The normalized spacial score (nSPS) is 11.9. The Labute approximate surface area is 215 Å². The van der Waals surface area contributed by atoms with Gasteiger partial charge in [-0.05, 0) is 55.3 Å². The van der Waals surface area contributed by atoms with E-state index in [2.05, 4.69) is 10.6 Å². The number of carbonyl (C=O) groups is 3. The van der Waals surface area contributed by atoms with Crippen LogP contribution in [0.5, 0.6) is 11.5 Å². The van der Waals surface area contributed by atoms with Gasteiger partial charge in [-0.2, -0.15) is 0 Å². The molecule has 3 aromatic carbocycles. The summed E-state index contributed by atoms with van der Waals surface area (Å²) in [6.45, 7) is 2.19. The minimum atomic E-state index is -0.373. The van der Waals surface area contributed by atoms with E-state index < -0.39 is 0 Å². The summed E-state index contributed by atoms with van der Waals surface area (Å²) in [5, 5.41) is 5.70. The lowest BCUT2D eigenvalue weighted by molar-refractivity contribution is -0.143. The molecule has 3 aromatic rings. The molecule has 0 atom stereocenters. The fourth-order valence-electron chi connectivity index (χ4n) is 3.95. The van der Waals surface area contributed by atoms with Crippen LogP contribution in [0.2, 0.25) is 0 Å². The first-order valence-electron chi connectivity index (χ1n) is 11.9.